The van der Waals surface area contributed by atoms with Crippen molar-refractivity contribution in [2.45, 2.75) is 0 Å². The lowest BCUT2D eigenvalue weighted by Gasteiger charge is -1.99. The van der Waals surface area contributed by atoms with Crippen LogP contribution in [0.3, 0.4) is 0 Å². The minimum atomic E-state index is -0.416. The molecule has 0 bridgehead atoms. The summed E-state index contributed by atoms with van der Waals surface area (Å²) in [5.74, 6) is -1.11. The van der Waals surface area contributed by atoms with Gasteiger partial charge < -0.3 is 5.32 Å². The summed E-state index contributed by atoms with van der Waals surface area (Å²) < 4.78 is 26.3. The Morgan fingerprint density at radius 3 is 2.58 bits per heavy atom. The number of carbonyl (C=O) groups excluding carboxylic acids is 1. The largest absolute Gasteiger partial charge is 0.321 e. The van der Waals surface area contributed by atoms with E-state index in [1.54, 1.807) is 18.2 Å². The molecule has 0 atom stereocenters. The fourth-order valence-corrected chi connectivity index (χ4v) is 2.07. The topological polar surface area (TPSA) is 29.1 Å². The highest BCUT2D eigenvalue weighted by atomic mass is 19.1. The van der Waals surface area contributed by atoms with Gasteiger partial charge in [0.15, 0.2) is 0 Å². The third-order valence-electron chi connectivity index (χ3n) is 2.92. The molecule has 0 saturated carbocycles. The van der Waals surface area contributed by atoms with Crippen molar-refractivity contribution in [2.24, 2.45) is 0 Å². The molecule has 2 aromatic rings. The number of hydrogen-bond donors (Lipinski definition) is 1. The lowest BCUT2D eigenvalue weighted by molar-refractivity contribution is -0.110. The first kappa shape index (κ1) is 11.6. The zero-order valence-corrected chi connectivity index (χ0v) is 9.78. The van der Waals surface area contributed by atoms with Crippen LogP contribution in [0.1, 0.15) is 11.1 Å². The summed E-state index contributed by atoms with van der Waals surface area (Å²) in [6.45, 7) is 0. The standard InChI is InChI=1S/C15H9F2NO/c16-10-3-1-2-9(6-10)7-13-12-8-11(17)4-5-14(12)18-15(13)19/h1-8H,(H,18,19)/b13-7-. The van der Waals surface area contributed by atoms with Gasteiger partial charge in [-0.3, -0.25) is 4.79 Å². The zero-order chi connectivity index (χ0) is 13.4. The maximum absolute atomic E-state index is 13.2. The van der Waals surface area contributed by atoms with Gasteiger partial charge in [0.05, 0.1) is 0 Å². The lowest BCUT2D eigenvalue weighted by atomic mass is 10.0. The van der Waals surface area contributed by atoms with Crippen molar-refractivity contribution in [3.8, 4) is 0 Å². The average molecular weight is 257 g/mol. The Labute approximate surface area is 108 Å². The number of nitrogens with one attached hydrogen (secondary N) is 1. The molecule has 0 radical (unpaired) electrons. The molecule has 0 aromatic heterocycles. The number of fused-ring (bicyclic) bond motifs is 1. The summed E-state index contributed by atoms with van der Waals surface area (Å²) in [4.78, 5) is 11.8. The maximum atomic E-state index is 13.2. The van der Waals surface area contributed by atoms with E-state index in [-0.39, 0.29) is 11.7 Å². The highest BCUT2D eigenvalue weighted by Crippen LogP contribution is 2.33. The Morgan fingerprint density at radius 1 is 1.00 bits per heavy atom. The minimum absolute atomic E-state index is 0.315. The third-order valence-corrected chi connectivity index (χ3v) is 2.92. The van der Waals surface area contributed by atoms with Gasteiger partial charge >= 0.3 is 0 Å². The van der Waals surface area contributed by atoms with Gasteiger partial charge in [0.1, 0.15) is 11.6 Å². The lowest BCUT2D eigenvalue weighted by Crippen LogP contribution is -2.03. The van der Waals surface area contributed by atoms with Crippen molar-refractivity contribution in [3.05, 3.63) is 65.2 Å². The van der Waals surface area contributed by atoms with Crippen LogP contribution in [0, 0.1) is 11.6 Å². The molecule has 4 heteroatoms. The predicted octanol–water partition coefficient (Wildman–Crippen LogP) is 3.46. The van der Waals surface area contributed by atoms with Gasteiger partial charge in [-0.05, 0) is 42.0 Å². The molecule has 0 aliphatic carbocycles. The van der Waals surface area contributed by atoms with E-state index in [4.69, 9.17) is 0 Å². The SMILES string of the molecule is O=C1Nc2ccc(F)cc2/C1=C/c1cccc(F)c1. The molecule has 1 amide bonds. The monoisotopic (exact) mass is 257 g/mol. The van der Waals surface area contributed by atoms with E-state index in [0.717, 1.165) is 0 Å². The Kier molecular flexibility index (Phi) is 2.63. The van der Waals surface area contributed by atoms with Crippen LogP contribution in [0.2, 0.25) is 0 Å². The minimum Gasteiger partial charge on any atom is -0.321 e. The second kappa shape index (κ2) is 4.31. The van der Waals surface area contributed by atoms with E-state index in [0.29, 0.717) is 22.4 Å². The van der Waals surface area contributed by atoms with Crippen molar-refractivity contribution >= 4 is 23.2 Å². The number of carbonyl (C=O) groups is 1. The molecule has 3 rings (SSSR count). The average Bonchev–Trinajstić information content (AvgIpc) is 2.66. The van der Waals surface area contributed by atoms with Crippen LogP contribution >= 0.6 is 0 Å². The number of halogens is 2. The summed E-state index contributed by atoms with van der Waals surface area (Å²) in [6.07, 6.45) is 1.55. The number of rotatable bonds is 1. The Morgan fingerprint density at radius 2 is 1.79 bits per heavy atom. The zero-order valence-electron chi connectivity index (χ0n) is 9.78. The molecular weight excluding hydrogens is 248 g/mol. The summed E-state index contributed by atoms with van der Waals surface area (Å²) in [6, 6.07) is 9.96. The van der Waals surface area contributed by atoms with Crippen molar-refractivity contribution in [3.63, 3.8) is 0 Å². The van der Waals surface area contributed by atoms with Crippen molar-refractivity contribution in [2.75, 3.05) is 5.32 Å². The molecule has 0 fully saturated rings. The van der Waals surface area contributed by atoms with Crippen LogP contribution < -0.4 is 5.32 Å². The van der Waals surface area contributed by atoms with Crippen LogP contribution in [0.5, 0.6) is 0 Å². The van der Waals surface area contributed by atoms with Gasteiger partial charge in [-0.25, -0.2) is 8.78 Å². The first-order valence-corrected chi connectivity index (χ1v) is 5.72. The molecule has 1 heterocycles. The predicted molar refractivity (Wildman–Crippen MR) is 69.3 cm³/mol. The van der Waals surface area contributed by atoms with Gasteiger partial charge in [-0.15, -0.1) is 0 Å². The first-order valence-electron chi connectivity index (χ1n) is 5.72. The Balaban J connectivity index is 2.11. The van der Waals surface area contributed by atoms with Gasteiger partial charge in [0.25, 0.3) is 5.91 Å². The van der Waals surface area contributed by atoms with Crippen LogP contribution in [-0.2, 0) is 4.79 Å². The fraction of sp³-hybridized carbons (Fsp3) is 0. The Hall–Kier alpha value is -2.49. The number of amides is 1. The molecule has 1 aliphatic heterocycles. The molecular formula is C15H9F2NO. The highest BCUT2D eigenvalue weighted by molar-refractivity contribution is 6.34. The summed E-state index contributed by atoms with van der Waals surface area (Å²) >= 11 is 0. The smallest absolute Gasteiger partial charge is 0.256 e. The second-order valence-electron chi connectivity index (χ2n) is 4.26. The molecule has 19 heavy (non-hydrogen) atoms. The highest BCUT2D eigenvalue weighted by Gasteiger charge is 2.24. The second-order valence-corrected chi connectivity index (χ2v) is 4.26. The molecule has 94 valence electrons. The molecule has 0 spiro atoms. The van der Waals surface area contributed by atoms with Gasteiger partial charge in [-0.1, -0.05) is 12.1 Å². The normalized spacial score (nSPS) is 15.5. The van der Waals surface area contributed by atoms with Gasteiger partial charge in [-0.2, -0.15) is 0 Å². The first-order chi connectivity index (χ1) is 9.13. The molecule has 1 N–H and O–H groups in total. The van der Waals surface area contributed by atoms with E-state index >= 15 is 0 Å². The van der Waals surface area contributed by atoms with Gasteiger partial charge in [0, 0.05) is 16.8 Å². The van der Waals surface area contributed by atoms with E-state index in [1.807, 2.05) is 0 Å². The quantitative estimate of drug-likeness (QED) is 0.779. The van der Waals surface area contributed by atoms with Crippen molar-refractivity contribution < 1.29 is 13.6 Å². The maximum Gasteiger partial charge on any atom is 0.256 e. The Bertz CT molecular complexity index is 707. The third kappa shape index (κ3) is 2.12. The summed E-state index contributed by atoms with van der Waals surface area (Å²) in [7, 11) is 0. The van der Waals surface area contributed by atoms with E-state index in [2.05, 4.69) is 5.32 Å². The molecule has 0 saturated heterocycles. The molecule has 1 aliphatic rings. The molecule has 2 aromatic carbocycles. The molecule has 0 unspecified atom stereocenters. The number of hydrogen-bond acceptors (Lipinski definition) is 1. The molecule has 2 nitrogen and oxygen atoms in total. The van der Waals surface area contributed by atoms with Crippen molar-refractivity contribution in [1.82, 2.24) is 0 Å². The number of benzene rings is 2. The van der Waals surface area contributed by atoms with E-state index in [9.17, 15) is 13.6 Å². The van der Waals surface area contributed by atoms with Crippen LogP contribution in [0.4, 0.5) is 14.5 Å². The van der Waals surface area contributed by atoms with Crippen LogP contribution in [0.15, 0.2) is 42.5 Å². The summed E-state index contributed by atoms with van der Waals surface area (Å²) in [5.41, 5.74) is 1.95. The summed E-state index contributed by atoms with van der Waals surface area (Å²) in [5, 5.41) is 2.64. The van der Waals surface area contributed by atoms with Crippen LogP contribution in [0.25, 0.3) is 11.6 Å². The van der Waals surface area contributed by atoms with E-state index in [1.165, 1.54) is 30.3 Å². The van der Waals surface area contributed by atoms with E-state index < -0.39 is 5.82 Å². The number of anilines is 1. The van der Waals surface area contributed by atoms with Gasteiger partial charge in [0.2, 0.25) is 0 Å². The van der Waals surface area contributed by atoms with Crippen molar-refractivity contribution in [1.29, 1.82) is 0 Å². The van der Waals surface area contributed by atoms with Crippen LogP contribution in [-0.4, -0.2) is 5.91 Å². The fourth-order valence-electron chi connectivity index (χ4n) is 2.07.